The number of hydrogen-bond acceptors (Lipinski definition) is 2. The molecule has 0 fully saturated rings. The minimum absolute atomic E-state index is 0.874. The summed E-state index contributed by atoms with van der Waals surface area (Å²) in [4.78, 5) is 2.36. The molecule has 0 atom stereocenters. The fraction of sp³-hybridized carbons (Fsp3) is 0. The van der Waals surface area contributed by atoms with Crippen LogP contribution in [0, 0.1) is 0 Å². The number of anilines is 3. The molecule has 3 heteroatoms. The number of benzene rings is 13. The quantitative estimate of drug-likeness (QED) is 0.142. The van der Waals surface area contributed by atoms with Crippen LogP contribution in [0.1, 0.15) is 0 Å². The van der Waals surface area contributed by atoms with Gasteiger partial charge in [0, 0.05) is 44.3 Å². The van der Waals surface area contributed by atoms with Crippen LogP contribution in [0.25, 0.3) is 126 Å². The number of rotatable bonds is 8. The molecule has 0 spiro atoms. The Morgan fingerprint density at radius 2 is 0.600 bits per heavy atom. The minimum Gasteiger partial charge on any atom is -0.456 e. The fourth-order valence-electron chi connectivity index (χ4n) is 11.7. The summed E-state index contributed by atoms with van der Waals surface area (Å²) in [6.45, 7) is 0. The monoisotopic (exact) mass is 954 g/mol. The molecule has 2 aromatic heterocycles. The molecule has 15 rings (SSSR count). The zero-order chi connectivity index (χ0) is 49.4. The minimum atomic E-state index is 0.874. The van der Waals surface area contributed by atoms with Crippen molar-refractivity contribution in [1.82, 2.24) is 4.57 Å². The van der Waals surface area contributed by atoms with Crippen LogP contribution in [0.5, 0.6) is 0 Å². The summed E-state index contributed by atoms with van der Waals surface area (Å²) < 4.78 is 8.72. The Kier molecular flexibility index (Phi) is 9.89. The Bertz CT molecular complexity index is 4630. The van der Waals surface area contributed by atoms with Crippen molar-refractivity contribution in [2.24, 2.45) is 0 Å². The Labute approximate surface area is 434 Å². The molecule has 0 saturated heterocycles. The number of hydrogen-bond donors (Lipinski definition) is 0. The smallest absolute Gasteiger partial charge is 0.135 e. The van der Waals surface area contributed by atoms with E-state index in [4.69, 9.17) is 4.42 Å². The second kappa shape index (κ2) is 17.4. The van der Waals surface area contributed by atoms with Gasteiger partial charge in [-0.3, -0.25) is 0 Å². The van der Waals surface area contributed by atoms with Crippen molar-refractivity contribution in [3.8, 4) is 50.2 Å². The summed E-state index contributed by atoms with van der Waals surface area (Å²) >= 11 is 0. The number of nitrogens with zero attached hydrogens (tertiary/aromatic N) is 2. The molecule has 0 aliphatic rings. The average molecular weight is 955 g/mol. The highest BCUT2D eigenvalue weighted by Crippen LogP contribution is 2.43. The molecular weight excluding hydrogens is 909 g/mol. The van der Waals surface area contributed by atoms with Gasteiger partial charge in [-0.25, -0.2) is 0 Å². The molecular formula is C72H46N2O. The molecule has 0 amide bonds. The second-order valence-electron chi connectivity index (χ2n) is 19.6. The summed E-state index contributed by atoms with van der Waals surface area (Å²) in [6, 6.07) is 102. The maximum Gasteiger partial charge on any atom is 0.135 e. The first kappa shape index (κ1) is 42.7. The molecule has 0 unspecified atom stereocenters. The lowest BCUT2D eigenvalue weighted by atomic mass is 9.92. The van der Waals surface area contributed by atoms with E-state index in [2.05, 4.69) is 276 Å². The van der Waals surface area contributed by atoms with Crippen molar-refractivity contribution in [3.63, 3.8) is 0 Å². The van der Waals surface area contributed by atoms with E-state index < -0.39 is 0 Å². The predicted molar refractivity (Wildman–Crippen MR) is 317 cm³/mol. The van der Waals surface area contributed by atoms with E-state index in [1.807, 2.05) is 12.1 Å². The lowest BCUT2D eigenvalue weighted by molar-refractivity contribution is 0.669. The van der Waals surface area contributed by atoms with Gasteiger partial charge in [0.25, 0.3) is 0 Å². The van der Waals surface area contributed by atoms with Gasteiger partial charge in [0.05, 0.1) is 11.0 Å². The van der Waals surface area contributed by atoms with Gasteiger partial charge in [0.15, 0.2) is 0 Å². The first-order valence-electron chi connectivity index (χ1n) is 25.7. The molecule has 0 N–H and O–H groups in total. The topological polar surface area (TPSA) is 21.3 Å². The van der Waals surface area contributed by atoms with Gasteiger partial charge in [-0.05, 0) is 168 Å². The maximum atomic E-state index is 6.32. The van der Waals surface area contributed by atoms with Gasteiger partial charge in [-0.15, -0.1) is 0 Å². The SMILES string of the molecule is c1ccc(-c2ccc(-c3ccc4c(c3)c3cc(-c5ccc(N(c6ccc(-c7ccc8c9ccccc9c9ccccc9c8c7)cc6)c6ccc7oc8ccccc8c7c6)cc5)ccc3n4-c3ccccc3)cc2)cc1. The fourth-order valence-corrected chi connectivity index (χ4v) is 11.7. The molecule has 15 aromatic rings. The average Bonchev–Trinajstić information content (AvgIpc) is 4.05. The largest absolute Gasteiger partial charge is 0.456 e. The molecule has 0 aliphatic carbocycles. The lowest BCUT2D eigenvalue weighted by Gasteiger charge is -2.26. The van der Waals surface area contributed by atoms with Crippen LogP contribution in [0.2, 0.25) is 0 Å². The lowest BCUT2D eigenvalue weighted by Crippen LogP contribution is -2.09. The Morgan fingerprint density at radius 1 is 0.227 bits per heavy atom. The molecule has 0 aliphatic heterocycles. The van der Waals surface area contributed by atoms with Crippen molar-refractivity contribution >= 4 is 93.1 Å². The third-order valence-corrected chi connectivity index (χ3v) is 15.4. The summed E-state index contributed by atoms with van der Waals surface area (Å²) in [5.41, 5.74) is 17.9. The van der Waals surface area contributed by atoms with E-state index in [9.17, 15) is 0 Å². The van der Waals surface area contributed by atoms with Crippen LogP contribution in [-0.4, -0.2) is 4.57 Å². The van der Waals surface area contributed by atoms with Crippen LogP contribution in [0.15, 0.2) is 283 Å². The van der Waals surface area contributed by atoms with Crippen molar-refractivity contribution in [2.45, 2.75) is 0 Å². The Morgan fingerprint density at radius 3 is 1.16 bits per heavy atom. The molecule has 3 nitrogen and oxygen atoms in total. The van der Waals surface area contributed by atoms with E-state index in [1.54, 1.807) is 0 Å². The van der Waals surface area contributed by atoms with Gasteiger partial charge < -0.3 is 13.9 Å². The highest BCUT2D eigenvalue weighted by atomic mass is 16.3. The normalized spacial score (nSPS) is 11.7. The van der Waals surface area contributed by atoms with Crippen LogP contribution in [0.3, 0.4) is 0 Å². The second-order valence-corrected chi connectivity index (χ2v) is 19.6. The van der Waals surface area contributed by atoms with E-state index >= 15 is 0 Å². The molecule has 2 heterocycles. The third-order valence-electron chi connectivity index (χ3n) is 15.4. The third kappa shape index (κ3) is 7.20. The van der Waals surface area contributed by atoms with Crippen molar-refractivity contribution in [2.75, 3.05) is 4.90 Å². The van der Waals surface area contributed by atoms with Gasteiger partial charge in [0.1, 0.15) is 11.2 Å². The zero-order valence-corrected chi connectivity index (χ0v) is 40.9. The molecule has 0 saturated carbocycles. The summed E-state index contributed by atoms with van der Waals surface area (Å²) in [7, 11) is 0. The van der Waals surface area contributed by atoms with Crippen LogP contribution in [0.4, 0.5) is 17.1 Å². The van der Waals surface area contributed by atoms with Crippen molar-refractivity contribution in [1.29, 1.82) is 0 Å². The highest BCUT2D eigenvalue weighted by Gasteiger charge is 2.19. The van der Waals surface area contributed by atoms with Crippen LogP contribution in [-0.2, 0) is 0 Å². The van der Waals surface area contributed by atoms with Gasteiger partial charge in [0.2, 0.25) is 0 Å². The summed E-state index contributed by atoms with van der Waals surface area (Å²) in [6.07, 6.45) is 0. The van der Waals surface area contributed by atoms with Crippen molar-refractivity contribution < 1.29 is 4.42 Å². The number of aromatic nitrogens is 1. The van der Waals surface area contributed by atoms with Gasteiger partial charge >= 0.3 is 0 Å². The number of para-hydroxylation sites is 2. The van der Waals surface area contributed by atoms with E-state index in [0.29, 0.717) is 0 Å². The summed E-state index contributed by atoms with van der Waals surface area (Å²) in [5, 5.41) is 12.3. The predicted octanol–water partition coefficient (Wildman–Crippen LogP) is 20.3. The molecule has 75 heavy (non-hydrogen) atoms. The number of furan rings is 1. The standard InChI is InChI=1S/C72H46N2O/c1-3-13-47(14-4-1)48-23-25-49(26-24-48)53-32-40-69-66(44-53)67-45-54(33-41-70(67)74(69)55-15-5-2-6-16-55)51-29-36-57(37-30-51)73(58-38-42-72-68(46-58)64-21-11-12-22-71(64)75-72)56-34-27-50(28-35-56)52-31-39-63-61-19-8-7-17-59(61)60-18-9-10-20-62(60)65(63)43-52/h1-46H. The van der Waals surface area contributed by atoms with E-state index in [-0.39, 0.29) is 0 Å². The number of fused-ring (bicyclic) bond motifs is 12. The van der Waals surface area contributed by atoms with Crippen molar-refractivity contribution in [3.05, 3.63) is 279 Å². The maximum absolute atomic E-state index is 6.32. The molecule has 0 radical (unpaired) electrons. The van der Waals surface area contributed by atoms with Gasteiger partial charge in [-0.1, -0.05) is 188 Å². The van der Waals surface area contributed by atoms with Crippen LogP contribution >= 0.6 is 0 Å². The van der Waals surface area contributed by atoms with Gasteiger partial charge in [-0.2, -0.15) is 0 Å². The Balaban J connectivity index is 0.822. The first-order chi connectivity index (χ1) is 37.2. The van der Waals surface area contributed by atoms with E-state index in [0.717, 1.165) is 55.8 Å². The zero-order valence-electron chi connectivity index (χ0n) is 40.9. The van der Waals surface area contributed by atoms with Crippen LogP contribution < -0.4 is 4.90 Å². The molecule has 13 aromatic carbocycles. The Hall–Kier alpha value is -9.96. The van der Waals surface area contributed by atoms with E-state index in [1.165, 1.54) is 87.5 Å². The first-order valence-corrected chi connectivity index (χ1v) is 25.7. The molecule has 350 valence electrons. The highest BCUT2D eigenvalue weighted by molar-refractivity contribution is 6.26. The molecule has 0 bridgehead atoms. The summed E-state index contributed by atoms with van der Waals surface area (Å²) in [5.74, 6) is 0.